The number of carbonyl (C=O) groups excluding carboxylic acids is 3. The fourth-order valence-electron chi connectivity index (χ4n) is 2.24. The zero-order valence-corrected chi connectivity index (χ0v) is 11.5. The third kappa shape index (κ3) is 2.18. The third-order valence-electron chi connectivity index (χ3n) is 3.27. The minimum atomic E-state index is -0.718. The lowest BCUT2D eigenvalue weighted by atomic mass is 10.2. The van der Waals surface area contributed by atoms with Crippen LogP contribution in [0.5, 0.6) is 0 Å². The van der Waals surface area contributed by atoms with E-state index < -0.39 is 11.9 Å². The van der Waals surface area contributed by atoms with Gasteiger partial charge in [0.1, 0.15) is 6.04 Å². The Bertz CT molecular complexity index is 564. The molecule has 7 heteroatoms. The molecule has 19 heavy (non-hydrogen) atoms. The van der Waals surface area contributed by atoms with Crippen LogP contribution in [-0.4, -0.2) is 34.7 Å². The van der Waals surface area contributed by atoms with Crippen LogP contribution in [0.15, 0.2) is 21.2 Å². The normalized spacial score (nSPS) is 22.5. The molecule has 2 aliphatic rings. The Morgan fingerprint density at radius 1 is 1.42 bits per heavy atom. The number of hydrogen-bond acceptors (Lipinski definition) is 4. The van der Waals surface area contributed by atoms with Gasteiger partial charge in [-0.3, -0.25) is 19.7 Å². The SMILES string of the molecule is O=C1C[C@H](N(C(=O)c2occc2Br)C2CC2)C(=O)N1. The van der Waals surface area contributed by atoms with Crippen LogP contribution in [0.25, 0.3) is 0 Å². The average Bonchev–Trinajstić information content (AvgIpc) is 3.00. The molecule has 6 nitrogen and oxygen atoms in total. The Kier molecular flexibility index (Phi) is 2.93. The first-order valence-electron chi connectivity index (χ1n) is 5.97. The molecule has 0 unspecified atom stereocenters. The third-order valence-corrected chi connectivity index (χ3v) is 3.89. The van der Waals surface area contributed by atoms with E-state index in [2.05, 4.69) is 21.2 Å². The van der Waals surface area contributed by atoms with Gasteiger partial charge >= 0.3 is 0 Å². The number of hydrogen-bond donors (Lipinski definition) is 1. The van der Waals surface area contributed by atoms with E-state index in [0.717, 1.165) is 12.8 Å². The lowest BCUT2D eigenvalue weighted by Gasteiger charge is -2.25. The fraction of sp³-hybridized carbons (Fsp3) is 0.417. The van der Waals surface area contributed by atoms with Crippen LogP contribution in [-0.2, 0) is 9.59 Å². The number of amides is 3. The molecule has 1 saturated carbocycles. The van der Waals surface area contributed by atoms with E-state index in [1.807, 2.05) is 0 Å². The summed E-state index contributed by atoms with van der Waals surface area (Å²) in [6.07, 6.45) is 3.13. The molecule has 3 rings (SSSR count). The summed E-state index contributed by atoms with van der Waals surface area (Å²) in [6, 6.07) is 0.925. The highest BCUT2D eigenvalue weighted by Gasteiger charge is 2.45. The number of carbonyl (C=O) groups is 3. The van der Waals surface area contributed by atoms with Gasteiger partial charge in [0.25, 0.3) is 5.91 Å². The second kappa shape index (κ2) is 4.48. The molecule has 1 aromatic heterocycles. The quantitative estimate of drug-likeness (QED) is 0.842. The molecule has 1 atom stereocenters. The highest BCUT2D eigenvalue weighted by atomic mass is 79.9. The van der Waals surface area contributed by atoms with Crippen molar-refractivity contribution in [3.63, 3.8) is 0 Å². The molecule has 100 valence electrons. The van der Waals surface area contributed by atoms with Gasteiger partial charge in [-0.05, 0) is 34.8 Å². The molecule has 1 N–H and O–H groups in total. The number of nitrogens with zero attached hydrogens (tertiary/aromatic N) is 1. The summed E-state index contributed by atoms with van der Waals surface area (Å²) >= 11 is 3.23. The number of imide groups is 1. The molecular weight excluding hydrogens is 316 g/mol. The second-order valence-corrected chi connectivity index (χ2v) is 5.53. The van der Waals surface area contributed by atoms with Crippen LogP contribution in [0.4, 0.5) is 0 Å². The summed E-state index contributed by atoms with van der Waals surface area (Å²) in [5, 5.41) is 2.23. The van der Waals surface area contributed by atoms with Gasteiger partial charge in [-0.1, -0.05) is 0 Å². The van der Waals surface area contributed by atoms with Gasteiger partial charge in [0.15, 0.2) is 0 Å². The van der Waals surface area contributed by atoms with E-state index in [1.54, 1.807) is 6.07 Å². The summed E-state index contributed by atoms with van der Waals surface area (Å²) in [6.45, 7) is 0. The maximum Gasteiger partial charge on any atom is 0.291 e. The Morgan fingerprint density at radius 2 is 2.16 bits per heavy atom. The van der Waals surface area contributed by atoms with E-state index >= 15 is 0 Å². The number of rotatable bonds is 3. The predicted octanol–water partition coefficient (Wildman–Crippen LogP) is 1.06. The minimum absolute atomic E-state index is 0.0196. The summed E-state index contributed by atoms with van der Waals surface area (Å²) in [7, 11) is 0. The van der Waals surface area contributed by atoms with Crippen molar-refractivity contribution in [2.24, 2.45) is 0 Å². The first-order valence-corrected chi connectivity index (χ1v) is 6.76. The highest BCUT2D eigenvalue weighted by Crippen LogP contribution is 2.33. The van der Waals surface area contributed by atoms with Gasteiger partial charge in [-0.25, -0.2) is 0 Å². The van der Waals surface area contributed by atoms with Crippen molar-refractivity contribution in [1.82, 2.24) is 10.2 Å². The van der Waals surface area contributed by atoms with Crippen LogP contribution in [0.1, 0.15) is 29.8 Å². The molecular formula is C12H11BrN2O4. The molecule has 0 bridgehead atoms. The van der Waals surface area contributed by atoms with Crippen LogP contribution in [0.2, 0.25) is 0 Å². The van der Waals surface area contributed by atoms with Gasteiger partial charge in [0.05, 0.1) is 17.2 Å². The van der Waals surface area contributed by atoms with Crippen molar-refractivity contribution < 1.29 is 18.8 Å². The summed E-state index contributed by atoms with van der Waals surface area (Å²) in [5.74, 6) is -0.937. The summed E-state index contributed by atoms with van der Waals surface area (Å²) < 4.78 is 5.70. The highest BCUT2D eigenvalue weighted by molar-refractivity contribution is 9.10. The Labute approximate surface area is 117 Å². The van der Waals surface area contributed by atoms with E-state index in [-0.39, 0.29) is 30.0 Å². The van der Waals surface area contributed by atoms with Crippen molar-refractivity contribution in [2.45, 2.75) is 31.3 Å². The minimum Gasteiger partial charge on any atom is -0.458 e. The Morgan fingerprint density at radius 3 is 2.63 bits per heavy atom. The van der Waals surface area contributed by atoms with Crippen LogP contribution >= 0.6 is 15.9 Å². The van der Waals surface area contributed by atoms with Gasteiger partial charge in [-0.15, -0.1) is 0 Å². The number of halogens is 1. The summed E-state index contributed by atoms with van der Waals surface area (Å²) in [5.41, 5.74) is 0. The lowest BCUT2D eigenvalue weighted by Crippen LogP contribution is -2.45. The standard InChI is InChI=1S/C12H11BrN2O4/c13-7-3-4-19-10(7)12(18)15(6-1-2-6)8-5-9(16)14-11(8)17/h3-4,6,8H,1-2,5H2,(H,14,16,17)/t8-/m0/s1. The fourth-order valence-corrected chi connectivity index (χ4v) is 2.61. The maximum absolute atomic E-state index is 12.5. The topological polar surface area (TPSA) is 79.6 Å². The maximum atomic E-state index is 12.5. The van der Waals surface area contributed by atoms with E-state index in [9.17, 15) is 14.4 Å². The smallest absolute Gasteiger partial charge is 0.291 e. The largest absolute Gasteiger partial charge is 0.458 e. The molecule has 1 aliphatic heterocycles. The van der Waals surface area contributed by atoms with Gasteiger partial charge < -0.3 is 9.32 Å². The van der Waals surface area contributed by atoms with Crippen molar-refractivity contribution in [3.05, 3.63) is 22.6 Å². The number of furan rings is 1. The molecule has 1 saturated heterocycles. The zero-order valence-electron chi connectivity index (χ0n) is 9.89. The number of nitrogens with one attached hydrogen (secondary N) is 1. The predicted molar refractivity (Wildman–Crippen MR) is 67.2 cm³/mol. The molecule has 1 aliphatic carbocycles. The van der Waals surface area contributed by atoms with Crippen molar-refractivity contribution in [1.29, 1.82) is 0 Å². The van der Waals surface area contributed by atoms with Gasteiger partial charge in [0, 0.05) is 6.04 Å². The van der Waals surface area contributed by atoms with Crippen molar-refractivity contribution in [2.75, 3.05) is 0 Å². The van der Waals surface area contributed by atoms with Gasteiger partial charge in [-0.2, -0.15) is 0 Å². The molecule has 0 aromatic carbocycles. The molecule has 1 aromatic rings. The van der Waals surface area contributed by atoms with Crippen LogP contribution < -0.4 is 5.32 Å². The Hall–Kier alpha value is -1.63. The van der Waals surface area contributed by atoms with Crippen LogP contribution in [0, 0.1) is 0 Å². The Balaban J connectivity index is 1.90. The molecule has 0 spiro atoms. The first kappa shape index (κ1) is 12.4. The first-order chi connectivity index (χ1) is 9.08. The van der Waals surface area contributed by atoms with E-state index in [0.29, 0.717) is 4.47 Å². The molecule has 0 radical (unpaired) electrons. The summed E-state index contributed by atoms with van der Waals surface area (Å²) in [4.78, 5) is 37.0. The van der Waals surface area contributed by atoms with Gasteiger partial charge in [0.2, 0.25) is 17.6 Å². The average molecular weight is 327 g/mol. The molecule has 3 amide bonds. The van der Waals surface area contributed by atoms with E-state index in [4.69, 9.17) is 4.42 Å². The zero-order chi connectivity index (χ0) is 13.6. The monoisotopic (exact) mass is 326 g/mol. The van der Waals surface area contributed by atoms with E-state index in [1.165, 1.54) is 11.2 Å². The lowest BCUT2D eigenvalue weighted by molar-refractivity contribution is -0.126. The molecule has 2 fully saturated rings. The van der Waals surface area contributed by atoms with Crippen LogP contribution in [0.3, 0.4) is 0 Å². The second-order valence-electron chi connectivity index (χ2n) is 4.67. The van der Waals surface area contributed by atoms with Crippen molar-refractivity contribution in [3.8, 4) is 0 Å². The van der Waals surface area contributed by atoms with Crippen molar-refractivity contribution >= 4 is 33.7 Å². The molecule has 2 heterocycles.